The van der Waals surface area contributed by atoms with Crippen molar-refractivity contribution in [1.82, 2.24) is 10.2 Å². The third-order valence-electron chi connectivity index (χ3n) is 3.94. The van der Waals surface area contributed by atoms with Crippen LogP contribution in [-0.2, 0) is 4.74 Å². The quantitative estimate of drug-likeness (QED) is 0.773. The summed E-state index contributed by atoms with van der Waals surface area (Å²) in [5, 5.41) is 13.3. The minimum Gasteiger partial charge on any atom is -0.450 e. The van der Waals surface area contributed by atoms with Crippen molar-refractivity contribution in [2.45, 2.75) is 58.1 Å². The van der Waals surface area contributed by atoms with Crippen molar-refractivity contribution in [2.75, 3.05) is 26.2 Å². The monoisotopic (exact) mass is 272 g/mol. The maximum absolute atomic E-state index is 11.4. The van der Waals surface area contributed by atoms with Gasteiger partial charge in [0.25, 0.3) is 0 Å². The summed E-state index contributed by atoms with van der Waals surface area (Å²) >= 11 is 0. The number of aliphatic hydroxyl groups is 1. The molecule has 2 N–H and O–H groups in total. The average Bonchev–Trinajstić information content (AvgIpc) is 2.39. The number of amides is 1. The molecule has 1 fully saturated rings. The third kappa shape index (κ3) is 5.37. The summed E-state index contributed by atoms with van der Waals surface area (Å²) in [7, 11) is 0. The molecule has 1 saturated heterocycles. The Balaban J connectivity index is 2.43. The SMILES string of the molecule is CCOC(=O)NC1CCCN(CC(O)(CC)CC)C1. The lowest BCUT2D eigenvalue weighted by Crippen LogP contribution is -2.52. The Morgan fingerprint density at radius 3 is 2.68 bits per heavy atom. The molecule has 0 aromatic carbocycles. The van der Waals surface area contributed by atoms with Crippen LogP contribution in [-0.4, -0.2) is 54.0 Å². The first-order chi connectivity index (χ1) is 9.03. The standard InChI is InChI=1S/C14H28N2O3/c1-4-14(18,5-2)11-16-9-7-8-12(10-16)15-13(17)19-6-3/h12,18H,4-11H2,1-3H3,(H,15,17). The lowest BCUT2D eigenvalue weighted by atomic mass is 9.95. The molecule has 5 heteroatoms. The number of piperidine rings is 1. The number of ether oxygens (including phenoxy) is 1. The Kier molecular flexibility index (Phi) is 6.58. The van der Waals surface area contributed by atoms with Gasteiger partial charge in [0.2, 0.25) is 0 Å². The Labute approximate surface area is 116 Å². The molecular formula is C14H28N2O3. The van der Waals surface area contributed by atoms with Crippen LogP contribution >= 0.6 is 0 Å². The number of carbonyl (C=O) groups is 1. The maximum atomic E-state index is 11.4. The number of hydrogen-bond donors (Lipinski definition) is 2. The first-order valence-corrected chi connectivity index (χ1v) is 7.41. The normalized spacial score (nSPS) is 21.2. The second kappa shape index (κ2) is 7.70. The zero-order chi connectivity index (χ0) is 14.3. The number of β-amino-alcohol motifs (C(OH)–C–C–N with tert-alkyl or cyclic N) is 1. The van der Waals surface area contributed by atoms with Crippen molar-refractivity contribution in [3.05, 3.63) is 0 Å². The minimum atomic E-state index is -0.605. The van der Waals surface area contributed by atoms with E-state index in [1.165, 1.54) is 0 Å². The van der Waals surface area contributed by atoms with Gasteiger partial charge >= 0.3 is 6.09 Å². The predicted octanol–water partition coefficient (Wildman–Crippen LogP) is 1.75. The van der Waals surface area contributed by atoms with Gasteiger partial charge in [-0.2, -0.15) is 0 Å². The predicted molar refractivity (Wildman–Crippen MR) is 75.2 cm³/mol. The minimum absolute atomic E-state index is 0.130. The molecule has 1 atom stereocenters. The van der Waals surface area contributed by atoms with E-state index >= 15 is 0 Å². The average molecular weight is 272 g/mol. The van der Waals surface area contributed by atoms with E-state index in [1.54, 1.807) is 6.92 Å². The number of nitrogens with zero attached hydrogens (tertiary/aromatic N) is 1. The molecule has 1 rings (SSSR count). The molecule has 19 heavy (non-hydrogen) atoms. The van der Waals surface area contributed by atoms with Gasteiger partial charge in [-0.1, -0.05) is 13.8 Å². The van der Waals surface area contributed by atoms with Crippen molar-refractivity contribution >= 4 is 6.09 Å². The van der Waals surface area contributed by atoms with Gasteiger partial charge in [0.1, 0.15) is 0 Å². The molecular weight excluding hydrogens is 244 g/mol. The second-order valence-electron chi connectivity index (χ2n) is 5.37. The van der Waals surface area contributed by atoms with Crippen LogP contribution in [0.15, 0.2) is 0 Å². The van der Waals surface area contributed by atoms with Crippen molar-refractivity contribution in [1.29, 1.82) is 0 Å². The third-order valence-corrected chi connectivity index (χ3v) is 3.94. The van der Waals surface area contributed by atoms with Gasteiger partial charge in [-0.05, 0) is 39.2 Å². The van der Waals surface area contributed by atoms with E-state index in [4.69, 9.17) is 4.74 Å². The fourth-order valence-electron chi connectivity index (χ4n) is 2.55. The fourth-order valence-corrected chi connectivity index (χ4v) is 2.55. The lowest BCUT2D eigenvalue weighted by molar-refractivity contribution is -0.0108. The fraction of sp³-hybridized carbons (Fsp3) is 0.929. The summed E-state index contributed by atoms with van der Waals surface area (Å²) in [5.74, 6) is 0. The van der Waals surface area contributed by atoms with Crippen LogP contribution < -0.4 is 5.32 Å². The largest absolute Gasteiger partial charge is 0.450 e. The Morgan fingerprint density at radius 2 is 2.11 bits per heavy atom. The van der Waals surface area contributed by atoms with E-state index < -0.39 is 5.60 Å². The molecule has 1 unspecified atom stereocenters. The van der Waals surface area contributed by atoms with E-state index in [2.05, 4.69) is 10.2 Å². The molecule has 0 bridgehead atoms. The van der Waals surface area contributed by atoms with Crippen molar-refractivity contribution in [2.24, 2.45) is 0 Å². The molecule has 0 spiro atoms. The van der Waals surface area contributed by atoms with E-state index in [1.807, 2.05) is 13.8 Å². The smallest absolute Gasteiger partial charge is 0.407 e. The van der Waals surface area contributed by atoms with E-state index in [0.717, 1.165) is 38.8 Å². The van der Waals surface area contributed by atoms with Crippen LogP contribution in [0.3, 0.4) is 0 Å². The van der Waals surface area contributed by atoms with Crippen LogP contribution in [0.1, 0.15) is 46.5 Å². The summed E-state index contributed by atoms with van der Waals surface area (Å²) in [4.78, 5) is 13.7. The van der Waals surface area contributed by atoms with Gasteiger partial charge in [0, 0.05) is 19.1 Å². The van der Waals surface area contributed by atoms with Crippen molar-refractivity contribution in [3.8, 4) is 0 Å². The van der Waals surface area contributed by atoms with Gasteiger partial charge in [-0.25, -0.2) is 4.79 Å². The molecule has 112 valence electrons. The molecule has 0 aromatic heterocycles. The zero-order valence-corrected chi connectivity index (χ0v) is 12.4. The van der Waals surface area contributed by atoms with E-state index in [0.29, 0.717) is 13.2 Å². The molecule has 0 saturated carbocycles. The van der Waals surface area contributed by atoms with Gasteiger partial charge in [0.05, 0.1) is 12.2 Å². The highest BCUT2D eigenvalue weighted by Crippen LogP contribution is 2.19. The second-order valence-corrected chi connectivity index (χ2v) is 5.37. The molecule has 0 aliphatic carbocycles. The van der Waals surface area contributed by atoms with Crippen LogP contribution in [0.25, 0.3) is 0 Å². The van der Waals surface area contributed by atoms with Crippen LogP contribution in [0, 0.1) is 0 Å². The molecule has 0 radical (unpaired) electrons. The highest BCUT2D eigenvalue weighted by atomic mass is 16.5. The molecule has 1 amide bonds. The lowest BCUT2D eigenvalue weighted by Gasteiger charge is -2.38. The molecule has 1 heterocycles. The molecule has 1 aliphatic heterocycles. The summed E-state index contributed by atoms with van der Waals surface area (Å²) in [6.45, 7) is 8.69. The van der Waals surface area contributed by atoms with Crippen molar-refractivity contribution < 1.29 is 14.6 Å². The van der Waals surface area contributed by atoms with Crippen molar-refractivity contribution in [3.63, 3.8) is 0 Å². The van der Waals surface area contributed by atoms with Gasteiger partial charge in [0.15, 0.2) is 0 Å². The van der Waals surface area contributed by atoms with E-state index in [-0.39, 0.29) is 12.1 Å². The summed E-state index contributed by atoms with van der Waals surface area (Å²) in [6.07, 6.45) is 3.20. The Bertz CT molecular complexity index is 280. The van der Waals surface area contributed by atoms with Gasteiger partial charge in [-0.15, -0.1) is 0 Å². The number of likely N-dealkylation sites (tertiary alicyclic amines) is 1. The number of alkyl carbamates (subject to hydrolysis) is 1. The highest BCUT2D eigenvalue weighted by molar-refractivity contribution is 5.67. The van der Waals surface area contributed by atoms with Crippen LogP contribution in [0.4, 0.5) is 4.79 Å². The van der Waals surface area contributed by atoms with E-state index in [9.17, 15) is 9.90 Å². The Morgan fingerprint density at radius 1 is 1.42 bits per heavy atom. The maximum Gasteiger partial charge on any atom is 0.407 e. The number of carbonyl (C=O) groups excluding carboxylic acids is 1. The van der Waals surface area contributed by atoms with Crippen LogP contribution in [0.5, 0.6) is 0 Å². The summed E-state index contributed by atoms with van der Waals surface area (Å²) < 4.78 is 4.91. The van der Waals surface area contributed by atoms with Gasteiger partial charge in [-0.3, -0.25) is 4.90 Å². The number of nitrogens with one attached hydrogen (secondary N) is 1. The zero-order valence-electron chi connectivity index (χ0n) is 12.4. The highest BCUT2D eigenvalue weighted by Gasteiger charge is 2.29. The topological polar surface area (TPSA) is 61.8 Å². The number of hydrogen-bond acceptors (Lipinski definition) is 4. The molecule has 5 nitrogen and oxygen atoms in total. The van der Waals surface area contributed by atoms with Gasteiger partial charge < -0.3 is 15.2 Å². The summed E-state index contributed by atoms with van der Waals surface area (Å²) in [6, 6.07) is 0.130. The Hall–Kier alpha value is -0.810. The molecule has 0 aromatic rings. The first kappa shape index (κ1) is 16.2. The van der Waals surface area contributed by atoms with Crippen LogP contribution in [0.2, 0.25) is 0 Å². The molecule has 1 aliphatic rings. The summed E-state index contributed by atoms with van der Waals surface area (Å²) in [5.41, 5.74) is -0.605. The first-order valence-electron chi connectivity index (χ1n) is 7.41. The number of rotatable bonds is 6.